The number of hydrogen-bond donors (Lipinski definition) is 2. The van der Waals surface area contributed by atoms with E-state index in [0.717, 1.165) is 28.7 Å². The minimum Gasteiger partial charge on any atom is -0.397 e. The van der Waals surface area contributed by atoms with Crippen LogP contribution in [0, 0.1) is 6.92 Å². The van der Waals surface area contributed by atoms with Gasteiger partial charge in [0.1, 0.15) is 0 Å². The van der Waals surface area contributed by atoms with E-state index in [1.54, 1.807) is 6.20 Å². The van der Waals surface area contributed by atoms with Crippen LogP contribution >= 0.6 is 0 Å². The quantitative estimate of drug-likeness (QED) is 0.708. The topological polar surface area (TPSA) is 50.9 Å². The minimum atomic E-state index is 0.766. The minimum absolute atomic E-state index is 0.766. The van der Waals surface area contributed by atoms with Crippen LogP contribution in [-0.2, 0) is 6.54 Å². The molecule has 0 aliphatic rings. The molecular formula is C17H17N3. The van der Waals surface area contributed by atoms with Gasteiger partial charge in [0.15, 0.2) is 0 Å². The van der Waals surface area contributed by atoms with E-state index < -0.39 is 0 Å². The van der Waals surface area contributed by atoms with Crippen molar-refractivity contribution in [2.45, 2.75) is 13.5 Å². The van der Waals surface area contributed by atoms with Gasteiger partial charge in [-0.3, -0.25) is 4.98 Å². The Labute approximate surface area is 118 Å². The summed E-state index contributed by atoms with van der Waals surface area (Å²) in [6.07, 6.45) is 3.60. The second-order valence-corrected chi connectivity index (χ2v) is 4.97. The standard InChI is InChI=1S/C17H17N3/c1-12-3-2-4-13(9-12)10-20-16-6-5-14-11-19-8-7-15(14)17(16)18/h2-9,11,20H,10,18H2,1H3. The maximum atomic E-state index is 6.22. The van der Waals surface area contributed by atoms with Crippen molar-refractivity contribution in [2.24, 2.45) is 0 Å². The van der Waals surface area contributed by atoms with Crippen molar-refractivity contribution in [3.05, 3.63) is 66.0 Å². The average Bonchev–Trinajstić information content (AvgIpc) is 2.47. The number of rotatable bonds is 3. The molecule has 0 saturated heterocycles. The number of benzene rings is 2. The lowest BCUT2D eigenvalue weighted by Gasteiger charge is -2.12. The Balaban J connectivity index is 1.86. The summed E-state index contributed by atoms with van der Waals surface area (Å²) in [6, 6.07) is 14.5. The average molecular weight is 263 g/mol. The van der Waals surface area contributed by atoms with Gasteiger partial charge in [-0.15, -0.1) is 0 Å². The van der Waals surface area contributed by atoms with E-state index in [1.165, 1.54) is 11.1 Å². The molecule has 0 saturated carbocycles. The summed E-state index contributed by atoms with van der Waals surface area (Å²) < 4.78 is 0. The predicted octanol–water partition coefficient (Wildman–Crippen LogP) is 3.74. The van der Waals surface area contributed by atoms with Crippen LogP contribution in [0.1, 0.15) is 11.1 Å². The van der Waals surface area contributed by atoms with Gasteiger partial charge in [0.25, 0.3) is 0 Å². The summed E-state index contributed by atoms with van der Waals surface area (Å²) in [6.45, 7) is 2.86. The summed E-state index contributed by atoms with van der Waals surface area (Å²) in [5.74, 6) is 0. The second kappa shape index (κ2) is 5.21. The van der Waals surface area contributed by atoms with Crippen molar-refractivity contribution < 1.29 is 0 Å². The molecule has 0 bridgehead atoms. The molecule has 2 aromatic carbocycles. The fourth-order valence-corrected chi connectivity index (χ4v) is 2.37. The van der Waals surface area contributed by atoms with E-state index in [0.29, 0.717) is 0 Å². The molecule has 0 radical (unpaired) electrons. The van der Waals surface area contributed by atoms with Gasteiger partial charge in [-0.25, -0.2) is 0 Å². The Bertz CT molecular complexity index is 750. The number of anilines is 2. The first kappa shape index (κ1) is 12.5. The third-order valence-electron chi connectivity index (χ3n) is 3.43. The largest absolute Gasteiger partial charge is 0.397 e. The molecule has 0 amide bonds. The Kier molecular flexibility index (Phi) is 3.25. The number of aromatic nitrogens is 1. The zero-order valence-electron chi connectivity index (χ0n) is 11.4. The number of nitrogens with one attached hydrogen (secondary N) is 1. The normalized spacial score (nSPS) is 10.7. The molecule has 0 spiro atoms. The number of aryl methyl sites for hydroxylation is 1. The zero-order valence-corrected chi connectivity index (χ0v) is 11.4. The first-order valence-corrected chi connectivity index (χ1v) is 6.65. The van der Waals surface area contributed by atoms with Gasteiger partial charge in [-0.2, -0.15) is 0 Å². The van der Waals surface area contributed by atoms with Gasteiger partial charge in [0, 0.05) is 29.7 Å². The van der Waals surface area contributed by atoms with Crippen molar-refractivity contribution in [2.75, 3.05) is 11.1 Å². The van der Waals surface area contributed by atoms with Crippen LogP contribution < -0.4 is 11.1 Å². The molecule has 20 heavy (non-hydrogen) atoms. The maximum absolute atomic E-state index is 6.22. The molecule has 0 aliphatic carbocycles. The van der Waals surface area contributed by atoms with Gasteiger partial charge >= 0.3 is 0 Å². The first-order valence-electron chi connectivity index (χ1n) is 6.65. The van der Waals surface area contributed by atoms with Gasteiger partial charge in [0.2, 0.25) is 0 Å². The Hall–Kier alpha value is -2.55. The molecule has 3 aromatic rings. The fraction of sp³-hybridized carbons (Fsp3) is 0.118. The zero-order chi connectivity index (χ0) is 13.9. The van der Waals surface area contributed by atoms with Crippen LogP contribution in [0.4, 0.5) is 11.4 Å². The molecule has 0 unspecified atom stereocenters. The van der Waals surface area contributed by atoms with E-state index >= 15 is 0 Å². The van der Waals surface area contributed by atoms with Crippen LogP contribution in [0.5, 0.6) is 0 Å². The van der Waals surface area contributed by atoms with E-state index in [1.807, 2.05) is 24.4 Å². The number of nitrogens with zero attached hydrogens (tertiary/aromatic N) is 1. The van der Waals surface area contributed by atoms with Crippen LogP contribution in [-0.4, -0.2) is 4.98 Å². The van der Waals surface area contributed by atoms with Crippen molar-refractivity contribution in [1.82, 2.24) is 4.98 Å². The van der Waals surface area contributed by atoms with Gasteiger partial charge in [-0.05, 0) is 24.6 Å². The van der Waals surface area contributed by atoms with Crippen LogP contribution in [0.2, 0.25) is 0 Å². The molecule has 0 atom stereocenters. The van der Waals surface area contributed by atoms with Crippen LogP contribution in [0.25, 0.3) is 10.8 Å². The lowest BCUT2D eigenvalue weighted by molar-refractivity contribution is 1.14. The molecule has 1 aromatic heterocycles. The fourth-order valence-electron chi connectivity index (χ4n) is 2.37. The molecule has 0 fully saturated rings. The molecule has 3 nitrogen and oxygen atoms in total. The van der Waals surface area contributed by atoms with E-state index in [2.05, 4.69) is 41.5 Å². The molecule has 0 aliphatic heterocycles. The monoisotopic (exact) mass is 263 g/mol. The Morgan fingerprint density at radius 1 is 1.15 bits per heavy atom. The van der Waals surface area contributed by atoms with Crippen molar-refractivity contribution in [3.8, 4) is 0 Å². The van der Waals surface area contributed by atoms with Gasteiger partial charge in [-0.1, -0.05) is 35.9 Å². The van der Waals surface area contributed by atoms with Crippen molar-refractivity contribution in [1.29, 1.82) is 0 Å². The summed E-state index contributed by atoms with van der Waals surface area (Å²) in [5.41, 5.74) is 10.5. The van der Waals surface area contributed by atoms with E-state index in [-0.39, 0.29) is 0 Å². The summed E-state index contributed by atoms with van der Waals surface area (Å²) >= 11 is 0. The first-order chi connectivity index (χ1) is 9.74. The number of pyridine rings is 1. The summed E-state index contributed by atoms with van der Waals surface area (Å²) in [4.78, 5) is 4.11. The lowest BCUT2D eigenvalue weighted by atomic mass is 10.1. The SMILES string of the molecule is Cc1cccc(CNc2ccc3cnccc3c2N)c1. The molecular weight excluding hydrogens is 246 g/mol. The number of fused-ring (bicyclic) bond motifs is 1. The number of hydrogen-bond acceptors (Lipinski definition) is 3. The summed E-state index contributed by atoms with van der Waals surface area (Å²) in [7, 11) is 0. The third-order valence-corrected chi connectivity index (χ3v) is 3.43. The molecule has 1 heterocycles. The van der Waals surface area contributed by atoms with Crippen LogP contribution in [0.15, 0.2) is 54.9 Å². The number of nitrogen functional groups attached to an aromatic ring is 1. The predicted molar refractivity (Wildman–Crippen MR) is 84.7 cm³/mol. The molecule has 100 valence electrons. The highest BCUT2D eigenvalue weighted by atomic mass is 14.9. The Morgan fingerprint density at radius 2 is 2.05 bits per heavy atom. The van der Waals surface area contributed by atoms with E-state index in [9.17, 15) is 0 Å². The van der Waals surface area contributed by atoms with Crippen LogP contribution in [0.3, 0.4) is 0 Å². The third kappa shape index (κ3) is 2.43. The van der Waals surface area contributed by atoms with Gasteiger partial charge < -0.3 is 11.1 Å². The number of nitrogens with two attached hydrogens (primary N) is 1. The van der Waals surface area contributed by atoms with Crippen molar-refractivity contribution in [3.63, 3.8) is 0 Å². The Morgan fingerprint density at radius 3 is 2.90 bits per heavy atom. The lowest BCUT2D eigenvalue weighted by Crippen LogP contribution is -2.03. The van der Waals surface area contributed by atoms with Crippen molar-refractivity contribution >= 4 is 22.1 Å². The highest BCUT2D eigenvalue weighted by Gasteiger charge is 2.04. The smallest absolute Gasteiger partial charge is 0.0630 e. The highest BCUT2D eigenvalue weighted by Crippen LogP contribution is 2.28. The molecule has 3 rings (SSSR count). The summed E-state index contributed by atoms with van der Waals surface area (Å²) in [5, 5.41) is 5.50. The second-order valence-electron chi connectivity index (χ2n) is 4.97. The molecule has 3 heteroatoms. The van der Waals surface area contributed by atoms with Gasteiger partial charge in [0.05, 0.1) is 11.4 Å². The maximum Gasteiger partial charge on any atom is 0.0630 e. The highest BCUT2D eigenvalue weighted by molar-refractivity contribution is 5.98. The van der Waals surface area contributed by atoms with E-state index in [4.69, 9.17) is 5.73 Å². The molecule has 3 N–H and O–H groups in total.